The van der Waals surface area contributed by atoms with Crippen LogP contribution in [0.3, 0.4) is 0 Å². The Balaban J connectivity index is 1.80. The van der Waals surface area contributed by atoms with Gasteiger partial charge in [-0.2, -0.15) is 0 Å². The molecule has 0 saturated carbocycles. The van der Waals surface area contributed by atoms with Crippen LogP contribution in [0.4, 0.5) is 4.39 Å². The Labute approximate surface area is 137 Å². The lowest BCUT2D eigenvalue weighted by Gasteiger charge is -2.37. The zero-order valence-corrected chi connectivity index (χ0v) is 14.4. The second kappa shape index (κ2) is 5.31. The van der Waals surface area contributed by atoms with Crippen molar-refractivity contribution < 1.29 is 18.5 Å². The molecule has 6 heteroatoms. The quantitative estimate of drug-likeness (QED) is 0.785. The maximum absolute atomic E-state index is 14.5. The van der Waals surface area contributed by atoms with Gasteiger partial charge in [-0.25, -0.2) is 4.39 Å². The minimum absolute atomic E-state index is 0.123. The first-order valence-corrected chi connectivity index (χ1v) is 8.05. The smallest absolute Gasteiger partial charge is 0.399 e. The fourth-order valence-electron chi connectivity index (χ4n) is 2.87. The molecule has 0 radical (unpaired) electrons. The van der Waals surface area contributed by atoms with Gasteiger partial charge in [0.05, 0.1) is 11.2 Å². The van der Waals surface area contributed by atoms with E-state index in [4.69, 9.17) is 9.31 Å². The van der Waals surface area contributed by atoms with E-state index in [0.29, 0.717) is 16.9 Å². The standard InChI is InChI=1S/C17H23BFNO3/c1-11-9-20(10-11)15(21)12-6-7-13(14(19)8-12)18-22-16(2,3)17(4,5)23-18/h6-8,11H,9-10H2,1-5H3. The van der Waals surface area contributed by atoms with Crippen LogP contribution in [0, 0.1) is 11.7 Å². The molecule has 2 aliphatic rings. The van der Waals surface area contributed by atoms with Gasteiger partial charge in [-0.3, -0.25) is 4.79 Å². The van der Waals surface area contributed by atoms with Crippen LogP contribution in [0.15, 0.2) is 18.2 Å². The summed E-state index contributed by atoms with van der Waals surface area (Å²) in [5, 5.41) is 0. The molecular weight excluding hydrogens is 296 g/mol. The normalized spacial score (nSPS) is 23.0. The molecule has 2 fully saturated rings. The highest BCUT2D eigenvalue weighted by Crippen LogP contribution is 2.36. The summed E-state index contributed by atoms with van der Waals surface area (Å²) in [6, 6.07) is 4.52. The van der Waals surface area contributed by atoms with Crippen LogP contribution in [0.25, 0.3) is 0 Å². The Morgan fingerprint density at radius 2 is 1.78 bits per heavy atom. The van der Waals surface area contributed by atoms with Crippen LogP contribution in [0.1, 0.15) is 45.0 Å². The van der Waals surface area contributed by atoms with Gasteiger partial charge in [-0.1, -0.05) is 13.0 Å². The zero-order chi connectivity index (χ0) is 17.0. The lowest BCUT2D eigenvalue weighted by atomic mass is 9.78. The van der Waals surface area contributed by atoms with E-state index < -0.39 is 24.1 Å². The molecule has 0 unspecified atom stereocenters. The first-order chi connectivity index (χ1) is 10.6. The fraction of sp³-hybridized carbons (Fsp3) is 0.588. The van der Waals surface area contributed by atoms with E-state index in [-0.39, 0.29) is 5.91 Å². The summed E-state index contributed by atoms with van der Waals surface area (Å²) in [5.74, 6) is -0.0711. The maximum Gasteiger partial charge on any atom is 0.497 e. The number of halogens is 1. The molecule has 1 aromatic rings. The molecular formula is C17H23BFNO3. The van der Waals surface area contributed by atoms with Crippen LogP contribution >= 0.6 is 0 Å². The lowest BCUT2D eigenvalue weighted by Crippen LogP contribution is -2.48. The SMILES string of the molecule is CC1CN(C(=O)c2ccc(B3OC(C)(C)C(C)(C)O3)c(F)c2)C1. The summed E-state index contributed by atoms with van der Waals surface area (Å²) in [4.78, 5) is 14.0. The number of nitrogens with zero attached hydrogens (tertiary/aromatic N) is 1. The number of carbonyl (C=O) groups is 1. The Morgan fingerprint density at radius 3 is 2.26 bits per heavy atom. The number of benzene rings is 1. The van der Waals surface area contributed by atoms with Gasteiger partial charge in [0.2, 0.25) is 0 Å². The van der Waals surface area contributed by atoms with Crippen molar-refractivity contribution >= 4 is 18.5 Å². The molecule has 3 rings (SSSR count). The van der Waals surface area contributed by atoms with Gasteiger partial charge in [-0.05, 0) is 45.7 Å². The van der Waals surface area contributed by atoms with E-state index in [9.17, 15) is 9.18 Å². The fourth-order valence-corrected chi connectivity index (χ4v) is 2.87. The van der Waals surface area contributed by atoms with Gasteiger partial charge in [-0.15, -0.1) is 0 Å². The van der Waals surface area contributed by atoms with Crippen molar-refractivity contribution in [2.75, 3.05) is 13.1 Å². The maximum atomic E-state index is 14.5. The van der Waals surface area contributed by atoms with Crippen molar-refractivity contribution in [3.8, 4) is 0 Å². The third kappa shape index (κ3) is 2.79. The summed E-state index contributed by atoms with van der Waals surface area (Å²) < 4.78 is 26.2. The molecule has 0 spiro atoms. The molecule has 0 bridgehead atoms. The predicted octanol–water partition coefficient (Wildman–Crippen LogP) is 2.22. The molecule has 0 aromatic heterocycles. The highest BCUT2D eigenvalue weighted by atomic mass is 19.1. The van der Waals surface area contributed by atoms with Gasteiger partial charge >= 0.3 is 7.12 Å². The van der Waals surface area contributed by atoms with Crippen molar-refractivity contribution in [1.29, 1.82) is 0 Å². The zero-order valence-electron chi connectivity index (χ0n) is 14.4. The molecule has 1 aromatic carbocycles. The summed E-state index contributed by atoms with van der Waals surface area (Å²) in [5.41, 5.74) is -0.342. The molecule has 2 heterocycles. The van der Waals surface area contributed by atoms with E-state index in [2.05, 4.69) is 6.92 Å². The van der Waals surface area contributed by atoms with Crippen molar-refractivity contribution in [2.45, 2.75) is 45.8 Å². The molecule has 124 valence electrons. The number of rotatable bonds is 2. The predicted molar refractivity (Wildman–Crippen MR) is 87.2 cm³/mol. The summed E-state index contributed by atoms with van der Waals surface area (Å²) in [7, 11) is -0.756. The number of hydrogen-bond acceptors (Lipinski definition) is 3. The second-order valence-corrected chi connectivity index (χ2v) is 7.64. The highest BCUT2D eigenvalue weighted by molar-refractivity contribution is 6.62. The van der Waals surface area contributed by atoms with E-state index in [1.54, 1.807) is 17.0 Å². The lowest BCUT2D eigenvalue weighted by molar-refractivity contribution is 0.00578. The largest absolute Gasteiger partial charge is 0.497 e. The van der Waals surface area contributed by atoms with Crippen LogP contribution in [-0.2, 0) is 9.31 Å². The van der Waals surface area contributed by atoms with E-state index in [1.165, 1.54) is 6.07 Å². The van der Waals surface area contributed by atoms with Crippen LogP contribution in [0.5, 0.6) is 0 Å². The summed E-state index contributed by atoms with van der Waals surface area (Å²) in [6.45, 7) is 11.3. The van der Waals surface area contributed by atoms with E-state index >= 15 is 0 Å². The van der Waals surface area contributed by atoms with Gasteiger partial charge in [0.15, 0.2) is 0 Å². The first-order valence-electron chi connectivity index (χ1n) is 8.05. The van der Waals surface area contributed by atoms with Gasteiger partial charge < -0.3 is 14.2 Å². The van der Waals surface area contributed by atoms with Crippen molar-refractivity contribution in [3.63, 3.8) is 0 Å². The van der Waals surface area contributed by atoms with Crippen molar-refractivity contribution in [2.24, 2.45) is 5.92 Å². The molecule has 23 heavy (non-hydrogen) atoms. The third-order valence-corrected chi connectivity index (χ3v) is 5.11. The molecule has 0 atom stereocenters. The highest BCUT2D eigenvalue weighted by Gasteiger charge is 2.52. The average molecular weight is 319 g/mol. The van der Waals surface area contributed by atoms with Gasteiger partial charge in [0.1, 0.15) is 5.82 Å². The number of carbonyl (C=O) groups excluding carboxylic acids is 1. The minimum atomic E-state index is -0.756. The Bertz CT molecular complexity index is 625. The average Bonchev–Trinajstić information content (AvgIpc) is 2.62. The number of likely N-dealkylation sites (tertiary alicyclic amines) is 1. The topological polar surface area (TPSA) is 38.8 Å². The van der Waals surface area contributed by atoms with Crippen LogP contribution in [-0.4, -0.2) is 42.2 Å². The first kappa shape index (κ1) is 16.5. The summed E-state index contributed by atoms with van der Waals surface area (Å²) >= 11 is 0. The summed E-state index contributed by atoms with van der Waals surface area (Å²) in [6.07, 6.45) is 0. The molecule has 0 N–H and O–H groups in total. The minimum Gasteiger partial charge on any atom is -0.399 e. The van der Waals surface area contributed by atoms with Gasteiger partial charge in [0, 0.05) is 24.1 Å². The Hall–Kier alpha value is -1.40. The van der Waals surface area contributed by atoms with Gasteiger partial charge in [0.25, 0.3) is 5.91 Å². The van der Waals surface area contributed by atoms with Crippen molar-refractivity contribution in [1.82, 2.24) is 4.90 Å². The number of hydrogen-bond donors (Lipinski definition) is 0. The van der Waals surface area contributed by atoms with Crippen LogP contribution < -0.4 is 5.46 Å². The Kier molecular flexibility index (Phi) is 3.80. The molecule has 0 aliphatic carbocycles. The monoisotopic (exact) mass is 319 g/mol. The van der Waals surface area contributed by atoms with Crippen LogP contribution in [0.2, 0.25) is 0 Å². The second-order valence-electron chi connectivity index (χ2n) is 7.64. The molecule has 1 amide bonds. The van der Waals surface area contributed by atoms with Crippen molar-refractivity contribution in [3.05, 3.63) is 29.6 Å². The third-order valence-electron chi connectivity index (χ3n) is 5.11. The molecule has 4 nitrogen and oxygen atoms in total. The Morgan fingerprint density at radius 1 is 1.22 bits per heavy atom. The van der Waals surface area contributed by atoms with E-state index in [1.807, 2.05) is 27.7 Å². The molecule has 2 aliphatic heterocycles. The number of amides is 1. The van der Waals surface area contributed by atoms with E-state index in [0.717, 1.165) is 13.1 Å². The molecule has 2 saturated heterocycles.